The number of methoxy groups -OCH3 is 1. The smallest absolute Gasteiger partial charge is 0.339 e. The molecule has 1 rings (SSSR count). The minimum Gasteiger partial charge on any atom is -0.465 e. The van der Waals surface area contributed by atoms with E-state index in [0.717, 1.165) is 0 Å². The summed E-state index contributed by atoms with van der Waals surface area (Å²) < 4.78 is 31.8. The minimum atomic E-state index is -3.77. The van der Waals surface area contributed by atoms with Crippen molar-refractivity contribution < 1.29 is 17.9 Å². The van der Waals surface area contributed by atoms with Crippen LogP contribution in [0.15, 0.2) is 29.2 Å². The maximum absolute atomic E-state index is 12.3. The van der Waals surface area contributed by atoms with Crippen LogP contribution >= 0.6 is 0 Å². The Morgan fingerprint density at radius 1 is 1.35 bits per heavy atom. The van der Waals surface area contributed by atoms with E-state index in [-0.39, 0.29) is 16.5 Å². The van der Waals surface area contributed by atoms with Gasteiger partial charge in [-0.1, -0.05) is 12.1 Å². The van der Waals surface area contributed by atoms with E-state index in [1.165, 1.54) is 19.2 Å². The number of nitrogens with one attached hydrogen (secondary N) is 1. The molecule has 1 unspecified atom stereocenters. The summed E-state index contributed by atoms with van der Waals surface area (Å²) in [6.07, 6.45) is 0. The molecule has 0 fully saturated rings. The lowest BCUT2D eigenvalue weighted by molar-refractivity contribution is 0.0596. The fraction of sp³-hybridized carbons (Fsp3) is 0.462. The van der Waals surface area contributed by atoms with Gasteiger partial charge in [-0.05, 0) is 33.2 Å². The van der Waals surface area contributed by atoms with E-state index in [2.05, 4.69) is 9.46 Å². The molecule has 1 aromatic rings. The molecule has 1 atom stereocenters. The number of sulfonamides is 1. The Morgan fingerprint density at radius 2 is 1.95 bits per heavy atom. The minimum absolute atomic E-state index is 0.0274. The number of carbonyl (C=O) groups excluding carboxylic acids is 1. The summed E-state index contributed by atoms with van der Waals surface area (Å²) in [6, 6.07) is 5.70. The van der Waals surface area contributed by atoms with E-state index in [1.807, 2.05) is 19.0 Å². The lowest BCUT2D eigenvalue weighted by Crippen LogP contribution is -2.39. The standard InChI is InChI=1S/C13H20N2O4S/c1-10(9-15(2)3)14-20(17,18)12-8-6-5-7-11(12)13(16)19-4/h5-8,10,14H,9H2,1-4H3. The molecular formula is C13H20N2O4S. The predicted octanol–water partition coefficient (Wildman–Crippen LogP) is 0.702. The number of carbonyl (C=O) groups is 1. The first-order chi connectivity index (χ1) is 9.27. The van der Waals surface area contributed by atoms with Crippen LogP contribution in [-0.4, -0.2) is 53.1 Å². The molecule has 0 saturated carbocycles. The van der Waals surface area contributed by atoms with Crippen LogP contribution in [0.25, 0.3) is 0 Å². The summed E-state index contributed by atoms with van der Waals surface area (Å²) in [6.45, 7) is 2.32. The van der Waals surface area contributed by atoms with E-state index in [4.69, 9.17) is 0 Å². The van der Waals surface area contributed by atoms with Crippen molar-refractivity contribution in [2.75, 3.05) is 27.7 Å². The topological polar surface area (TPSA) is 75.7 Å². The van der Waals surface area contributed by atoms with Crippen molar-refractivity contribution >= 4 is 16.0 Å². The van der Waals surface area contributed by atoms with E-state index in [9.17, 15) is 13.2 Å². The molecule has 1 N–H and O–H groups in total. The van der Waals surface area contributed by atoms with Gasteiger partial charge in [0, 0.05) is 12.6 Å². The van der Waals surface area contributed by atoms with Crippen molar-refractivity contribution in [2.24, 2.45) is 0 Å². The molecule has 0 bridgehead atoms. The van der Waals surface area contributed by atoms with Gasteiger partial charge in [-0.3, -0.25) is 0 Å². The zero-order valence-electron chi connectivity index (χ0n) is 12.1. The van der Waals surface area contributed by atoms with Crippen LogP contribution in [0.1, 0.15) is 17.3 Å². The van der Waals surface area contributed by atoms with Crippen LogP contribution in [0.2, 0.25) is 0 Å². The maximum Gasteiger partial charge on any atom is 0.339 e. The Hall–Kier alpha value is -1.44. The van der Waals surface area contributed by atoms with Crippen molar-refractivity contribution in [3.8, 4) is 0 Å². The van der Waals surface area contributed by atoms with Crippen molar-refractivity contribution in [1.29, 1.82) is 0 Å². The van der Waals surface area contributed by atoms with Gasteiger partial charge < -0.3 is 9.64 Å². The molecule has 6 nitrogen and oxygen atoms in total. The highest BCUT2D eigenvalue weighted by atomic mass is 32.2. The molecule has 0 heterocycles. The van der Waals surface area contributed by atoms with Gasteiger partial charge in [0.2, 0.25) is 10.0 Å². The highest BCUT2D eigenvalue weighted by Gasteiger charge is 2.24. The fourth-order valence-electron chi connectivity index (χ4n) is 1.89. The summed E-state index contributed by atoms with van der Waals surface area (Å²) in [5.74, 6) is -0.675. The first kappa shape index (κ1) is 16.6. The molecule has 1 aromatic carbocycles. The monoisotopic (exact) mass is 300 g/mol. The zero-order chi connectivity index (χ0) is 15.3. The van der Waals surface area contributed by atoms with Crippen molar-refractivity contribution in [3.05, 3.63) is 29.8 Å². The molecular weight excluding hydrogens is 280 g/mol. The SMILES string of the molecule is COC(=O)c1ccccc1S(=O)(=O)NC(C)CN(C)C. The van der Waals surface area contributed by atoms with Gasteiger partial charge in [-0.25, -0.2) is 17.9 Å². The van der Waals surface area contributed by atoms with Crippen molar-refractivity contribution in [1.82, 2.24) is 9.62 Å². The highest BCUT2D eigenvalue weighted by Crippen LogP contribution is 2.16. The molecule has 112 valence electrons. The average molecular weight is 300 g/mol. The van der Waals surface area contributed by atoms with Crippen LogP contribution < -0.4 is 4.72 Å². The number of hydrogen-bond acceptors (Lipinski definition) is 5. The molecule has 0 aliphatic rings. The molecule has 0 aliphatic heterocycles. The number of rotatable bonds is 6. The number of esters is 1. The number of nitrogens with zero attached hydrogens (tertiary/aromatic N) is 1. The Bertz CT molecular complexity index is 569. The predicted molar refractivity (Wildman–Crippen MR) is 76.1 cm³/mol. The van der Waals surface area contributed by atoms with E-state index < -0.39 is 16.0 Å². The average Bonchev–Trinajstić information content (AvgIpc) is 2.36. The van der Waals surface area contributed by atoms with Gasteiger partial charge >= 0.3 is 5.97 Å². The van der Waals surface area contributed by atoms with Gasteiger partial charge in [0.05, 0.1) is 17.6 Å². The van der Waals surface area contributed by atoms with Gasteiger partial charge in [-0.2, -0.15) is 0 Å². The summed E-state index contributed by atoms with van der Waals surface area (Å²) in [5, 5.41) is 0. The summed E-state index contributed by atoms with van der Waals surface area (Å²) in [4.78, 5) is 13.4. The molecule has 20 heavy (non-hydrogen) atoms. The van der Waals surface area contributed by atoms with Gasteiger partial charge in [0.15, 0.2) is 0 Å². The van der Waals surface area contributed by atoms with Crippen LogP contribution in [-0.2, 0) is 14.8 Å². The molecule has 0 radical (unpaired) electrons. The third-order valence-electron chi connectivity index (χ3n) is 2.58. The Labute approximate surface area is 119 Å². The van der Waals surface area contributed by atoms with Crippen molar-refractivity contribution in [2.45, 2.75) is 17.9 Å². The highest BCUT2D eigenvalue weighted by molar-refractivity contribution is 7.89. The van der Waals surface area contributed by atoms with Crippen LogP contribution in [0.5, 0.6) is 0 Å². The lowest BCUT2D eigenvalue weighted by Gasteiger charge is -2.19. The number of hydrogen-bond donors (Lipinski definition) is 1. The lowest BCUT2D eigenvalue weighted by atomic mass is 10.2. The second-order valence-corrected chi connectivity index (χ2v) is 6.45. The number of likely N-dealkylation sites (N-methyl/N-ethyl adjacent to an activating group) is 1. The molecule has 0 saturated heterocycles. The first-order valence-electron chi connectivity index (χ1n) is 6.12. The van der Waals surface area contributed by atoms with Crippen molar-refractivity contribution in [3.63, 3.8) is 0 Å². The zero-order valence-corrected chi connectivity index (χ0v) is 12.9. The van der Waals surface area contributed by atoms with Crippen LogP contribution in [0.3, 0.4) is 0 Å². The van der Waals surface area contributed by atoms with Gasteiger partial charge in [-0.15, -0.1) is 0 Å². The molecule has 0 aromatic heterocycles. The van der Waals surface area contributed by atoms with Gasteiger partial charge in [0.25, 0.3) is 0 Å². The van der Waals surface area contributed by atoms with E-state index in [1.54, 1.807) is 19.1 Å². The second kappa shape index (κ2) is 6.83. The Kier molecular flexibility index (Phi) is 5.67. The van der Waals surface area contributed by atoms with E-state index in [0.29, 0.717) is 6.54 Å². The second-order valence-electron chi connectivity index (χ2n) is 4.77. The molecule has 7 heteroatoms. The summed E-state index contributed by atoms with van der Waals surface area (Å²) in [7, 11) is 1.16. The number of ether oxygens (including phenoxy) is 1. The summed E-state index contributed by atoms with van der Waals surface area (Å²) >= 11 is 0. The normalized spacial score (nSPS) is 13.2. The first-order valence-corrected chi connectivity index (χ1v) is 7.60. The largest absolute Gasteiger partial charge is 0.465 e. The third kappa shape index (κ3) is 4.29. The third-order valence-corrected chi connectivity index (χ3v) is 4.22. The van der Waals surface area contributed by atoms with Crippen LogP contribution in [0.4, 0.5) is 0 Å². The van der Waals surface area contributed by atoms with E-state index >= 15 is 0 Å². The molecule has 0 spiro atoms. The quantitative estimate of drug-likeness (QED) is 0.783. The Balaban J connectivity index is 3.07. The van der Waals surface area contributed by atoms with Gasteiger partial charge in [0.1, 0.15) is 0 Å². The summed E-state index contributed by atoms with van der Waals surface area (Å²) in [5.41, 5.74) is 0.0274. The maximum atomic E-state index is 12.3. The molecule has 0 amide bonds. The van der Waals surface area contributed by atoms with Crippen LogP contribution in [0, 0.1) is 0 Å². The molecule has 0 aliphatic carbocycles. The Morgan fingerprint density at radius 3 is 2.50 bits per heavy atom. The fourth-order valence-corrected chi connectivity index (χ4v) is 3.32. The number of benzene rings is 1.